The molecule has 3 heterocycles. The topological polar surface area (TPSA) is 90.4 Å². The van der Waals surface area contributed by atoms with Crippen LogP contribution in [0.5, 0.6) is 0 Å². The van der Waals surface area contributed by atoms with Crippen molar-refractivity contribution in [1.82, 2.24) is 14.6 Å². The fourth-order valence-electron chi connectivity index (χ4n) is 2.26. The molecule has 4 aromatic rings. The number of thiophene rings is 1. The van der Waals surface area contributed by atoms with Gasteiger partial charge in [-0.05, 0) is 23.6 Å². The Morgan fingerprint density at radius 2 is 2.04 bits per heavy atom. The monoisotopic (exact) mass is 356 g/mol. The van der Waals surface area contributed by atoms with E-state index in [2.05, 4.69) is 10.1 Å². The molecule has 0 aliphatic rings. The first-order valence-corrected chi connectivity index (χ1v) is 8.52. The highest BCUT2D eigenvalue weighted by Gasteiger charge is 2.14. The number of benzene rings is 1. The molecule has 0 spiro atoms. The van der Waals surface area contributed by atoms with Gasteiger partial charge in [0.15, 0.2) is 5.82 Å². The van der Waals surface area contributed by atoms with Crippen molar-refractivity contribution in [2.75, 3.05) is 0 Å². The van der Waals surface area contributed by atoms with Gasteiger partial charge in [0.25, 0.3) is 11.2 Å². The van der Waals surface area contributed by atoms with E-state index in [0.717, 1.165) is 16.2 Å². The lowest BCUT2D eigenvalue weighted by molar-refractivity contribution is -0.385. The number of para-hydroxylation sites is 1. The summed E-state index contributed by atoms with van der Waals surface area (Å²) in [6.07, 6.45) is 1.51. The van der Waals surface area contributed by atoms with Gasteiger partial charge in [-0.1, -0.05) is 29.5 Å². The zero-order chi connectivity index (χ0) is 16.7. The van der Waals surface area contributed by atoms with Crippen LogP contribution in [0.3, 0.4) is 0 Å². The lowest BCUT2D eigenvalue weighted by Crippen LogP contribution is -2.23. The second-order valence-electron chi connectivity index (χ2n) is 4.84. The molecule has 1 aromatic carbocycles. The summed E-state index contributed by atoms with van der Waals surface area (Å²) in [5.74, 6) is 0.505. The first-order valence-electron chi connectivity index (χ1n) is 6.82. The van der Waals surface area contributed by atoms with Crippen molar-refractivity contribution >= 4 is 39.4 Å². The predicted molar refractivity (Wildman–Crippen MR) is 92.3 cm³/mol. The molecule has 4 rings (SSSR count). The Morgan fingerprint density at radius 1 is 1.21 bits per heavy atom. The highest BCUT2D eigenvalue weighted by molar-refractivity contribution is 7.15. The Morgan fingerprint density at radius 3 is 2.75 bits per heavy atom. The number of rotatable bonds is 3. The molecule has 24 heavy (non-hydrogen) atoms. The van der Waals surface area contributed by atoms with E-state index in [0.29, 0.717) is 20.9 Å². The number of nitro benzene ring substituents is 1. The summed E-state index contributed by atoms with van der Waals surface area (Å²) in [5.41, 5.74) is 0.00112. The van der Waals surface area contributed by atoms with Crippen LogP contribution in [-0.4, -0.2) is 19.5 Å². The summed E-state index contributed by atoms with van der Waals surface area (Å²) >= 11 is 2.65. The second-order valence-corrected chi connectivity index (χ2v) is 6.80. The number of nitro groups is 1. The average Bonchev–Trinajstić information content (AvgIpc) is 3.27. The van der Waals surface area contributed by atoms with Gasteiger partial charge in [-0.15, -0.1) is 16.4 Å². The van der Waals surface area contributed by atoms with Crippen LogP contribution in [0.25, 0.3) is 21.7 Å². The van der Waals surface area contributed by atoms with Crippen molar-refractivity contribution in [2.45, 2.75) is 0 Å². The van der Waals surface area contributed by atoms with Crippen LogP contribution in [0.2, 0.25) is 0 Å². The molecule has 0 saturated carbocycles. The molecule has 3 aromatic heterocycles. The fourth-order valence-corrected chi connectivity index (χ4v) is 3.81. The van der Waals surface area contributed by atoms with Crippen molar-refractivity contribution < 1.29 is 4.92 Å². The third-order valence-electron chi connectivity index (χ3n) is 3.34. The lowest BCUT2D eigenvalue weighted by Gasteiger charge is -1.94. The van der Waals surface area contributed by atoms with E-state index in [1.807, 2.05) is 17.5 Å². The molecule has 0 fully saturated rings. The molecule has 0 bridgehead atoms. The van der Waals surface area contributed by atoms with Gasteiger partial charge in [-0.2, -0.15) is 9.50 Å². The number of aromatic nitrogens is 3. The zero-order valence-electron chi connectivity index (χ0n) is 11.9. The summed E-state index contributed by atoms with van der Waals surface area (Å²) < 4.78 is 1.59. The maximum absolute atomic E-state index is 12.5. The van der Waals surface area contributed by atoms with E-state index in [-0.39, 0.29) is 11.2 Å². The van der Waals surface area contributed by atoms with Gasteiger partial charge in [0.2, 0.25) is 4.96 Å². The second kappa shape index (κ2) is 5.62. The van der Waals surface area contributed by atoms with Gasteiger partial charge in [-0.3, -0.25) is 14.9 Å². The molecule has 118 valence electrons. The van der Waals surface area contributed by atoms with Crippen LogP contribution in [0.4, 0.5) is 5.69 Å². The Bertz CT molecular complexity index is 1160. The van der Waals surface area contributed by atoms with Crippen LogP contribution in [0.15, 0.2) is 46.6 Å². The number of hydrogen-bond donors (Lipinski definition) is 0. The number of nitrogens with zero attached hydrogens (tertiary/aromatic N) is 4. The third-order valence-corrected chi connectivity index (χ3v) is 5.17. The van der Waals surface area contributed by atoms with E-state index < -0.39 is 4.92 Å². The quantitative estimate of drug-likeness (QED) is 0.415. The van der Waals surface area contributed by atoms with Crippen molar-refractivity contribution in [2.24, 2.45) is 0 Å². The Kier molecular flexibility index (Phi) is 3.44. The molecule has 0 aliphatic heterocycles. The predicted octanol–water partition coefficient (Wildman–Crippen LogP) is 2.34. The first kappa shape index (κ1) is 14.7. The maximum atomic E-state index is 12.5. The number of hydrogen-bond acceptors (Lipinski definition) is 7. The van der Waals surface area contributed by atoms with Gasteiger partial charge >= 0.3 is 0 Å². The van der Waals surface area contributed by atoms with Gasteiger partial charge in [0.1, 0.15) is 0 Å². The normalized spacial score (nSPS) is 12.1. The largest absolute Gasteiger partial charge is 0.291 e. The average molecular weight is 356 g/mol. The zero-order valence-corrected chi connectivity index (χ0v) is 13.6. The van der Waals surface area contributed by atoms with E-state index in [9.17, 15) is 14.9 Å². The van der Waals surface area contributed by atoms with Crippen molar-refractivity contribution in [1.29, 1.82) is 0 Å². The van der Waals surface area contributed by atoms with Crippen LogP contribution >= 0.6 is 22.7 Å². The molecule has 7 nitrogen and oxygen atoms in total. The highest BCUT2D eigenvalue weighted by atomic mass is 32.1. The highest BCUT2D eigenvalue weighted by Crippen LogP contribution is 2.22. The SMILES string of the molecule is O=c1/c(=C/c2ccccc2[N+](=O)[O-])sc2nc(-c3cccs3)nn12. The maximum Gasteiger partial charge on any atom is 0.291 e. The Hall–Kier alpha value is -2.91. The molecular weight excluding hydrogens is 348 g/mol. The summed E-state index contributed by atoms with van der Waals surface area (Å²) in [7, 11) is 0. The minimum Gasteiger partial charge on any atom is -0.266 e. The van der Waals surface area contributed by atoms with Crippen molar-refractivity contribution in [3.63, 3.8) is 0 Å². The van der Waals surface area contributed by atoms with Crippen LogP contribution < -0.4 is 10.1 Å². The molecule has 0 atom stereocenters. The minimum atomic E-state index is -0.470. The van der Waals surface area contributed by atoms with E-state index in [4.69, 9.17) is 0 Å². The van der Waals surface area contributed by atoms with Crippen LogP contribution in [-0.2, 0) is 0 Å². The van der Waals surface area contributed by atoms with Crippen LogP contribution in [0, 0.1) is 10.1 Å². The smallest absolute Gasteiger partial charge is 0.266 e. The molecule has 0 radical (unpaired) electrons. The van der Waals surface area contributed by atoms with Crippen LogP contribution in [0.1, 0.15) is 5.56 Å². The molecule has 0 unspecified atom stereocenters. The van der Waals surface area contributed by atoms with Gasteiger partial charge in [0, 0.05) is 6.07 Å². The standard InChI is InChI=1S/C15H8N4O3S2/c20-14-12(8-9-4-1-2-5-10(9)19(21)22)24-15-16-13(17-18(14)15)11-6-3-7-23-11/h1-8H/b12-8-. The van der Waals surface area contributed by atoms with E-state index in [1.165, 1.54) is 28.0 Å². The van der Waals surface area contributed by atoms with E-state index in [1.54, 1.807) is 18.2 Å². The van der Waals surface area contributed by atoms with Gasteiger partial charge in [-0.25, -0.2) is 0 Å². The summed E-state index contributed by atoms with van der Waals surface area (Å²) in [5, 5.41) is 17.2. The van der Waals surface area contributed by atoms with E-state index >= 15 is 0 Å². The summed E-state index contributed by atoms with van der Waals surface area (Å²) in [6.45, 7) is 0. The Labute approximate surface area is 142 Å². The number of thiazole rings is 1. The summed E-state index contributed by atoms with van der Waals surface area (Å²) in [4.78, 5) is 28.8. The lowest BCUT2D eigenvalue weighted by atomic mass is 10.2. The first-order chi connectivity index (χ1) is 11.6. The molecule has 0 N–H and O–H groups in total. The van der Waals surface area contributed by atoms with Gasteiger partial charge in [0.05, 0.1) is 19.9 Å². The molecule has 0 aliphatic carbocycles. The van der Waals surface area contributed by atoms with Crippen molar-refractivity contribution in [3.8, 4) is 10.7 Å². The van der Waals surface area contributed by atoms with Crippen molar-refractivity contribution in [3.05, 3.63) is 72.3 Å². The summed E-state index contributed by atoms with van der Waals surface area (Å²) in [6, 6.07) is 10.1. The molecule has 0 amide bonds. The fraction of sp³-hybridized carbons (Fsp3) is 0. The molecular formula is C15H8N4O3S2. The third kappa shape index (κ3) is 2.39. The molecule has 9 heteroatoms. The van der Waals surface area contributed by atoms with Gasteiger partial charge < -0.3 is 0 Å². The molecule has 0 saturated heterocycles. The Balaban J connectivity index is 1.87. The minimum absolute atomic E-state index is 0.0461. The number of fused-ring (bicyclic) bond motifs is 1.